The second-order valence-corrected chi connectivity index (χ2v) is 5.65. The van der Waals surface area contributed by atoms with E-state index in [4.69, 9.17) is 11.2 Å². The normalized spacial score (nSPS) is 17.0. The summed E-state index contributed by atoms with van der Waals surface area (Å²) in [6.45, 7) is 1.95. The van der Waals surface area contributed by atoms with E-state index in [0.29, 0.717) is 25.3 Å². The summed E-state index contributed by atoms with van der Waals surface area (Å²) in [5.74, 6) is 2.57. The number of ether oxygens (including phenoxy) is 1. The molecule has 0 unspecified atom stereocenters. The molecule has 0 radical (unpaired) electrons. The van der Waals surface area contributed by atoms with Crippen LogP contribution in [-0.2, 0) is 4.74 Å². The molecule has 3 rings (SSSR count). The Morgan fingerprint density at radius 3 is 3.04 bits per heavy atom. The summed E-state index contributed by atoms with van der Waals surface area (Å²) >= 11 is 0. The number of nitrogens with zero attached hydrogens (tertiary/aromatic N) is 2. The van der Waals surface area contributed by atoms with Gasteiger partial charge in [0.1, 0.15) is 17.7 Å². The van der Waals surface area contributed by atoms with Crippen LogP contribution in [0.2, 0.25) is 0 Å². The second-order valence-electron chi connectivity index (χ2n) is 5.65. The lowest BCUT2D eigenvalue weighted by molar-refractivity contribution is 0.0393. The Labute approximate surface area is 145 Å². The maximum Gasteiger partial charge on any atom is 0.253 e. The second kappa shape index (κ2) is 7.77. The maximum absolute atomic E-state index is 13.4. The SMILES string of the molecule is C#CCNC(=O)c1ccc(N2CCO[C@H](c3cccc(F)c3)C2)nc1. The molecule has 5 nitrogen and oxygen atoms in total. The van der Waals surface area contributed by atoms with Crippen LogP contribution in [-0.4, -0.2) is 37.1 Å². The van der Waals surface area contributed by atoms with Crippen LogP contribution in [0.3, 0.4) is 0 Å². The largest absolute Gasteiger partial charge is 0.370 e. The van der Waals surface area contributed by atoms with Crippen molar-refractivity contribution in [2.24, 2.45) is 0 Å². The molecule has 0 spiro atoms. The van der Waals surface area contributed by atoms with E-state index in [1.54, 1.807) is 18.2 Å². The predicted octanol–water partition coefficient (Wildman–Crippen LogP) is 2.16. The van der Waals surface area contributed by atoms with E-state index < -0.39 is 0 Å². The number of benzene rings is 1. The fourth-order valence-electron chi connectivity index (χ4n) is 2.71. The number of pyridine rings is 1. The molecule has 1 fully saturated rings. The van der Waals surface area contributed by atoms with Gasteiger partial charge in [0.15, 0.2) is 0 Å². The van der Waals surface area contributed by atoms with Crippen molar-refractivity contribution in [3.05, 3.63) is 59.5 Å². The van der Waals surface area contributed by atoms with Crippen molar-refractivity contribution in [1.82, 2.24) is 10.3 Å². The van der Waals surface area contributed by atoms with Gasteiger partial charge in [-0.05, 0) is 29.8 Å². The zero-order chi connectivity index (χ0) is 17.6. The Morgan fingerprint density at radius 2 is 2.32 bits per heavy atom. The summed E-state index contributed by atoms with van der Waals surface area (Å²) in [4.78, 5) is 18.3. The molecule has 2 heterocycles. The van der Waals surface area contributed by atoms with Gasteiger partial charge in [0.25, 0.3) is 5.91 Å². The van der Waals surface area contributed by atoms with Crippen LogP contribution in [0.5, 0.6) is 0 Å². The molecule has 128 valence electrons. The smallest absolute Gasteiger partial charge is 0.253 e. The van der Waals surface area contributed by atoms with Gasteiger partial charge < -0.3 is 15.0 Å². The van der Waals surface area contributed by atoms with Gasteiger partial charge in [0, 0.05) is 19.3 Å². The molecule has 0 bridgehead atoms. The van der Waals surface area contributed by atoms with Crippen LogP contribution in [0.1, 0.15) is 22.0 Å². The third-order valence-electron chi connectivity index (χ3n) is 3.97. The first-order valence-electron chi connectivity index (χ1n) is 7.97. The van der Waals surface area contributed by atoms with Crippen molar-refractivity contribution >= 4 is 11.7 Å². The number of carbonyl (C=O) groups is 1. The quantitative estimate of drug-likeness (QED) is 0.868. The summed E-state index contributed by atoms with van der Waals surface area (Å²) in [6, 6.07) is 9.92. The lowest BCUT2D eigenvalue weighted by atomic mass is 10.1. The molecule has 1 aromatic heterocycles. The molecule has 1 saturated heterocycles. The zero-order valence-corrected chi connectivity index (χ0v) is 13.6. The van der Waals surface area contributed by atoms with Crippen molar-refractivity contribution in [2.45, 2.75) is 6.10 Å². The molecule has 25 heavy (non-hydrogen) atoms. The van der Waals surface area contributed by atoms with Crippen LogP contribution in [0, 0.1) is 18.2 Å². The van der Waals surface area contributed by atoms with Crippen LogP contribution in [0.25, 0.3) is 0 Å². The van der Waals surface area contributed by atoms with Crippen molar-refractivity contribution in [3.63, 3.8) is 0 Å². The number of carbonyl (C=O) groups excluding carboxylic acids is 1. The highest BCUT2D eigenvalue weighted by Crippen LogP contribution is 2.25. The number of halogens is 1. The van der Waals surface area contributed by atoms with Crippen molar-refractivity contribution < 1.29 is 13.9 Å². The highest BCUT2D eigenvalue weighted by atomic mass is 19.1. The molecule has 1 atom stereocenters. The maximum atomic E-state index is 13.4. The number of aromatic nitrogens is 1. The first-order valence-corrected chi connectivity index (χ1v) is 7.97. The van der Waals surface area contributed by atoms with E-state index in [1.807, 2.05) is 6.07 Å². The average Bonchev–Trinajstić information content (AvgIpc) is 2.66. The monoisotopic (exact) mass is 339 g/mol. The lowest BCUT2D eigenvalue weighted by Crippen LogP contribution is -2.39. The Bertz CT molecular complexity index is 786. The summed E-state index contributed by atoms with van der Waals surface area (Å²) in [6.07, 6.45) is 6.43. The minimum absolute atomic E-state index is 0.180. The van der Waals surface area contributed by atoms with E-state index in [1.165, 1.54) is 18.3 Å². The fourth-order valence-corrected chi connectivity index (χ4v) is 2.71. The topological polar surface area (TPSA) is 54.5 Å². The Balaban J connectivity index is 1.69. The van der Waals surface area contributed by atoms with E-state index >= 15 is 0 Å². The van der Waals surface area contributed by atoms with Crippen LogP contribution in [0.4, 0.5) is 10.2 Å². The summed E-state index contributed by atoms with van der Waals surface area (Å²) in [5, 5.41) is 2.60. The first-order chi connectivity index (χ1) is 12.2. The van der Waals surface area contributed by atoms with Gasteiger partial charge in [-0.2, -0.15) is 0 Å². The summed E-state index contributed by atoms with van der Waals surface area (Å²) < 4.78 is 19.2. The summed E-state index contributed by atoms with van der Waals surface area (Å²) in [7, 11) is 0. The minimum atomic E-state index is -0.279. The van der Waals surface area contributed by atoms with Crippen LogP contribution < -0.4 is 10.2 Å². The molecule has 6 heteroatoms. The Morgan fingerprint density at radius 1 is 1.44 bits per heavy atom. The van der Waals surface area contributed by atoms with E-state index in [2.05, 4.69) is 21.1 Å². The third-order valence-corrected chi connectivity index (χ3v) is 3.97. The van der Waals surface area contributed by atoms with Crippen LogP contribution >= 0.6 is 0 Å². The standard InChI is InChI=1S/C19H18FN3O2/c1-2-8-21-19(24)15-6-7-18(22-12-15)23-9-10-25-17(13-23)14-4-3-5-16(20)11-14/h1,3-7,11-12,17H,8-10,13H2,(H,21,24)/t17-/m0/s1. The van der Waals surface area contributed by atoms with Crippen LogP contribution in [0.15, 0.2) is 42.6 Å². The Hall–Kier alpha value is -2.91. The van der Waals surface area contributed by atoms with Gasteiger partial charge in [-0.1, -0.05) is 18.1 Å². The van der Waals surface area contributed by atoms with Gasteiger partial charge >= 0.3 is 0 Å². The first kappa shape index (κ1) is 16.9. The predicted molar refractivity (Wildman–Crippen MR) is 92.7 cm³/mol. The summed E-state index contributed by atoms with van der Waals surface area (Å²) in [5.41, 5.74) is 1.25. The van der Waals surface area contributed by atoms with E-state index in [0.717, 1.165) is 11.4 Å². The van der Waals surface area contributed by atoms with Crippen molar-refractivity contribution in [2.75, 3.05) is 31.1 Å². The number of anilines is 1. The number of nitrogens with one attached hydrogen (secondary N) is 1. The molecule has 1 aliphatic rings. The molecular formula is C19H18FN3O2. The van der Waals surface area contributed by atoms with Gasteiger partial charge in [-0.15, -0.1) is 6.42 Å². The lowest BCUT2D eigenvalue weighted by Gasteiger charge is -2.34. The Kier molecular flexibility index (Phi) is 5.26. The number of rotatable bonds is 4. The number of hydrogen-bond donors (Lipinski definition) is 1. The van der Waals surface area contributed by atoms with Gasteiger partial charge in [-0.25, -0.2) is 9.37 Å². The molecule has 0 aliphatic carbocycles. The van der Waals surface area contributed by atoms with Crippen molar-refractivity contribution in [3.8, 4) is 12.3 Å². The van der Waals surface area contributed by atoms with Gasteiger partial charge in [0.05, 0.1) is 18.7 Å². The number of morpholine rings is 1. The molecule has 1 aliphatic heterocycles. The fraction of sp³-hybridized carbons (Fsp3) is 0.263. The number of amides is 1. The van der Waals surface area contributed by atoms with E-state index in [9.17, 15) is 9.18 Å². The highest BCUT2D eigenvalue weighted by molar-refractivity contribution is 5.94. The molecule has 0 saturated carbocycles. The van der Waals surface area contributed by atoms with Gasteiger partial charge in [0.2, 0.25) is 0 Å². The number of terminal acetylenes is 1. The molecular weight excluding hydrogens is 321 g/mol. The molecule has 1 amide bonds. The van der Waals surface area contributed by atoms with Gasteiger partial charge in [-0.3, -0.25) is 4.79 Å². The van der Waals surface area contributed by atoms with E-state index in [-0.39, 0.29) is 24.4 Å². The average molecular weight is 339 g/mol. The third kappa shape index (κ3) is 4.14. The molecule has 1 aromatic carbocycles. The highest BCUT2D eigenvalue weighted by Gasteiger charge is 2.23. The molecule has 2 aromatic rings. The number of hydrogen-bond acceptors (Lipinski definition) is 4. The zero-order valence-electron chi connectivity index (χ0n) is 13.6. The van der Waals surface area contributed by atoms with Crippen molar-refractivity contribution in [1.29, 1.82) is 0 Å². The minimum Gasteiger partial charge on any atom is -0.370 e. The molecule has 1 N–H and O–H groups in total.